The lowest BCUT2D eigenvalue weighted by molar-refractivity contribution is -0.136. The van der Waals surface area contributed by atoms with Crippen molar-refractivity contribution in [3.05, 3.63) is 44.6 Å². The number of hydrogen-bond acceptors (Lipinski definition) is 8. The maximum absolute atomic E-state index is 12.9. The summed E-state index contributed by atoms with van der Waals surface area (Å²) in [7, 11) is 0. The Hall–Kier alpha value is -2.50. The van der Waals surface area contributed by atoms with Crippen LogP contribution in [0.2, 0.25) is 0 Å². The molecule has 2 aromatic rings. The van der Waals surface area contributed by atoms with Crippen molar-refractivity contribution >= 4 is 40.8 Å². The van der Waals surface area contributed by atoms with Gasteiger partial charge in [-0.25, -0.2) is 0 Å². The predicted octanol–water partition coefficient (Wildman–Crippen LogP) is 0.0424. The molecule has 0 saturated carbocycles. The summed E-state index contributed by atoms with van der Waals surface area (Å²) in [6.07, 6.45) is 3.29. The number of thioether (sulfide) groups is 1. The molecule has 11 heteroatoms. The Morgan fingerprint density at radius 1 is 1.23 bits per heavy atom. The van der Waals surface area contributed by atoms with Crippen molar-refractivity contribution in [3.8, 4) is 0 Å². The fraction of sp³-hybridized carbons (Fsp3) is 0.421. The van der Waals surface area contributed by atoms with Crippen LogP contribution in [0.3, 0.4) is 0 Å². The van der Waals surface area contributed by atoms with Crippen LogP contribution < -0.4 is 10.2 Å². The van der Waals surface area contributed by atoms with Crippen LogP contribution in [-0.2, 0) is 25.7 Å². The third-order valence-electron chi connectivity index (χ3n) is 5.59. The molecule has 9 nitrogen and oxygen atoms in total. The molecule has 0 radical (unpaired) electrons. The number of nitrogens with zero attached hydrogens (tertiary/aromatic N) is 3. The standard InChI is InChI=1S/C19H18N4O5S2/c24-11(22-4-6-28-7-5-22)9-23-18-15(30-19(23)27)12(10-2-1-3-20-8-10)13-14(29-18)17(26)21-16(13)25/h1-3,8,12-14H,4-7,9H2,(H,21,25,26)/t12-,13+,14-/m0/s1. The Morgan fingerprint density at radius 3 is 2.77 bits per heavy atom. The zero-order chi connectivity index (χ0) is 20.8. The largest absolute Gasteiger partial charge is 0.378 e. The molecule has 30 heavy (non-hydrogen) atoms. The Morgan fingerprint density at radius 2 is 2.03 bits per heavy atom. The predicted molar refractivity (Wildman–Crippen MR) is 108 cm³/mol. The highest BCUT2D eigenvalue weighted by Crippen LogP contribution is 2.51. The summed E-state index contributed by atoms with van der Waals surface area (Å²) in [4.78, 5) is 56.9. The number of ether oxygens (including phenoxy) is 1. The quantitative estimate of drug-likeness (QED) is 0.663. The zero-order valence-electron chi connectivity index (χ0n) is 15.8. The number of rotatable bonds is 3. The maximum Gasteiger partial charge on any atom is 0.308 e. The number of nitrogens with one attached hydrogen (secondary N) is 1. The van der Waals surface area contributed by atoms with Crippen LogP contribution in [-0.4, -0.2) is 63.7 Å². The van der Waals surface area contributed by atoms with E-state index >= 15 is 0 Å². The summed E-state index contributed by atoms with van der Waals surface area (Å²) in [5.41, 5.74) is 0.770. The third kappa shape index (κ3) is 3.17. The van der Waals surface area contributed by atoms with Gasteiger partial charge in [0.25, 0.3) is 0 Å². The van der Waals surface area contributed by atoms with Crippen LogP contribution in [0.1, 0.15) is 16.4 Å². The number of thiazole rings is 1. The van der Waals surface area contributed by atoms with Crippen molar-refractivity contribution < 1.29 is 19.1 Å². The smallest absolute Gasteiger partial charge is 0.308 e. The second-order valence-electron chi connectivity index (χ2n) is 7.30. The third-order valence-corrected chi connectivity index (χ3v) is 8.20. The van der Waals surface area contributed by atoms with Crippen LogP contribution in [0.15, 0.2) is 34.3 Å². The number of aromatic nitrogens is 2. The minimum absolute atomic E-state index is 0.0929. The molecular formula is C19H18N4O5S2. The second-order valence-corrected chi connectivity index (χ2v) is 9.42. The highest BCUT2D eigenvalue weighted by molar-refractivity contribution is 8.00. The number of hydrogen-bond donors (Lipinski definition) is 1. The van der Waals surface area contributed by atoms with Crippen LogP contribution in [0, 0.1) is 5.92 Å². The number of fused-ring (bicyclic) bond motifs is 2. The number of carbonyl (C=O) groups excluding carboxylic acids is 3. The molecule has 0 aliphatic carbocycles. The van der Waals surface area contributed by atoms with E-state index in [4.69, 9.17) is 4.74 Å². The van der Waals surface area contributed by atoms with Gasteiger partial charge in [0.05, 0.1) is 24.2 Å². The van der Waals surface area contributed by atoms with Gasteiger partial charge in [-0.05, 0) is 11.6 Å². The molecule has 1 N–H and O–H groups in total. The molecule has 0 aromatic carbocycles. The number of pyridine rings is 1. The normalized spacial score (nSPS) is 25.6. The van der Waals surface area contributed by atoms with Gasteiger partial charge in [0.15, 0.2) is 0 Å². The van der Waals surface area contributed by atoms with E-state index in [-0.39, 0.29) is 29.1 Å². The zero-order valence-corrected chi connectivity index (χ0v) is 17.4. The first-order chi connectivity index (χ1) is 14.5. The van der Waals surface area contributed by atoms with E-state index < -0.39 is 17.1 Å². The Balaban J connectivity index is 1.56. The number of carbonyl (C=O) groups is 3. The molecule has 5 heterocycles. The molecule has 0 spiro atoms. The van der Waals surface area contributed by atoms with E-state index in [2.05, 4.69) is 10.3 Å². The first-order valence-electron chi connectivity index (χ1n) is 9.55. The van der Waals surface area contributed by atoms with E-state index in [0.717, 1.165) is 16.9 Å². The highest BCUT2D eigenvalue weighted by atomic mass is 32.2. The monoisotopic (exact) mass is 446 g/mol. The van der Waals surface area contributed by atoms with Crippen molar-refractivity contribution in [3.63, 3.8) is 0 Å². The minimum atomic E-state index is -0.644. The van der Waals surface area contributed by atoms with Crippen LogP contribution in [0.4, 0.5) is 0 Å². The minimum Gasteiger partial charge on any atom is -0.378 e. The fourth-order valence-electron chi connectivity index (χ4n) is 4.14. The van der Waals surface area contributed by atoms with E-state index in [9.17, 15) is 19.2 Å². The molecule has 156 valence electrons. The van der Waals surface area contributed by atoms with E-state index in [1.807, 2.05) is 6.07 Å². The Kier molecular flexibility index (Phi) is 4.95. The molecule has 0 bridgehead atoms. The SMILES string of the molecule is O=C1NC(=O)[C@H]2Sc3c(sc(=O)n3CC(=O)N3CCOCC3)[C@@H](c3cccnc3)[C@@H]12. The molecule has 3 aliphatic rings. The lowest BCUT2D eigenvalue weighted by Crippen LogP contribution is -2.43. The van der Waals surface area contributed by atoms with Gasteiger partial charge < -0.3 is 9.64 Å². The van der Waals surface area contributed by atoms with Crippen LogP contribution in [0.25, 0.3) is 0 Å². The van der Waals surface area contributed by atoms with E-state index in [1.54, 1.807) is 23.4 Å². The van der Waals surface area contributed by atoms with Gasteiger partial charge in [-0.2, -0.15) is 0 Å². The Labute approximate surface area is 179 Å². The molecule has 2 aromatic heterocycles. The molecule has 5 rings (SSSR count). The summed E-state index contributed by atoms with van der Waals surface area (Å²) < 4.78 is 6.73. The van der Waals surface area contributed by atoms with E-state index in [1.165, 1.54) is 16.3 Å². The van der Waals surface area contributed by atoms with Gasteiger partial charge in [0.1, 0.15) is 11.8 Å². The van der Waals surface area contributed by atoms with Crippen molar-refractivity contribution in [2.24, 2.45) is 5.92 Å². The highest BCUT2D eigenvalue weighted by Gasteiger charge is 2.52. The molecule has 3 aliphatic heterocycles. The van der Waals surface area contributed by atoms with Crippen LogP contribution in [0.5, 0.6) is 0 Å². The maximum atomic E-state index is 12.9. The second kappa shape index (κ2) is 7.64. The Bertz CT molecular complexity index is 1080. The summed E-state index contributed by atoms with van der Waals surface area (Å²) in [6, 6.07) is 3.61. The topological polar surface area (TPSA) is 111 Å². The van der Waals surface area contributed by atoms with Gasteiger partial charge in [-0.15, -0.1) is 0 Å². The van der Waals surface area contributed by atoms with Gasteiger partial charge >= 0.3 is 4.87 Å². The van der Waals surface area contributed by atoms with Crippen molar-refractivity contribution in [2.75, 3.05) is 26.3 Å². The average Bonchev–Trinajstić information content (AvgIpc) is 3.23. The first-order valence-corrected chi connectivity index (χ1v) is 11.2. The average molecular weight is 447 g/mol. The van der Waals surface area contributed by atoms with Crippen molar-refractivity contribution in [1.29, 1.82) is 0 Å². The van der Waals surface area contributed by atoms with Gasteiger partial charge in [0, 0.05) is 36.3 Å². The van der Waals surface area contributed by atoms with Crippen molar-refractivity contribution in [1.82, 2.24) is 19.8 Å². The van der Waals surface area contributed by atoms with Gasteiger partial charge in [-0.1, -0.05) is 29.2 Å². The molecule has 2 fully saturated rings. The summed E-state index contributed by atoms with van der Waals surface area (Å²) in [5.74, 6) is -1.92. The van der Waals surface area contributed by atoms with E-state index in [0.29, 0.717) is 36.2 Å². The fourth-order valence-corrected chi connectivity index (χ4v) is 6.88. The lowest BCUT2D eigenvalue weighted by Gasteiger charge is -2.31. The van der Waals surface area contributed by atoms with Gasteiger partial charge in [-0.3, -0.25) is 34.0 Å². The number of morpholine rings is 1. The van der Waals surface area contributed by atoms with Crippen LogP contribution >= 0.6 is 23.1 Å². The summed E-state index contributed by atoms with van der Waals surface area (Å²) in [5, 5.41) is 2.36. The summed E-state index contributed by atoms with van der Waals surface area (Å²) >= 11 is 2.23. The van der Waals surface area contributed by atoms with Crippen molar-refractivity contribution in [2.45, 2.75) is 22.7 Å². The first kappa shape index (κ1) is 19.5. The summed E-state index contributed by atoms with van der Waals surface area (Å²) in [6.45, 7) is 1.85. The molecular weight excluding hydrogens is 428 g/mol. The molecule has 3 atom stereocenters. The lowest BCUT2D eigenvalue weighted by atomic mass is 9.84. The molecule has 3 amide bonds. The molecule has 2 saturated heterocycles. The molecule has 0 unspecified atom stereocenters. The van der Waals surface area contributed by atoms with Gasteiger partial charge in [0.2, 0.25) is 17.7 Å². The number of amides is 3. The number of imide groups is 1.